The fourth-order valence-electron chi connectivity index (χ4n) is 2.63. The Bertz CT molecular complexity index is 411. The lowest BCUT2D eigenvalue weighted by Gasteiger charge is -2.21. The predicted molar refractivity (Wildman–Crippen MR) is 78.4 cm³/mol. The minimum atomic E-state index is 0.665. The second kappa shape index (κ2) is 5.47. The van der Waals surface area contributed by atoms with Gasteiger partial charge in [-0.1, -0.05) is 6.07 Å². The van der Waals surface area contributed by atoms with Gasteiger partial charge in [-0.15, -0.1) is 0 Å². The Morgan fingerprint density at radius 2 is 2.16 bits per heavy atom. The van der Waals surface area contributed by atoms with Crippen LogP contribution in [0.25, 0.3) is 0 Å². The van der Waals surface area contributed by atoms with Crippen LogP contribution in [-0.2, 0) is 6.54 Å². The average molecular weight is 260 g/mol. The quantitative estimate of drug-likeness (QED) is 0.869. The summed E-state index contributed by atoms with van der Waals surface area (Å²) in [5.41, 5.74) is 1.29. The smallest absolute Gasteiger partial charge is 0.128 e. The molecule has 4 nitrogen and oxygen atoms in total. The molecule has 1 aliphatic carbocycles. The number of hydrogen-bond acceptors (Lipinski definition) is 4. The largest absolute Gasteiger partial charge is 0.355 e. The summed E-state index contributed by atoms with van der Waals surface area (Å²) in [6, 6.07) is 5.81. The molecule has 0 amide bonds. The monoisotopic (exact) mass is 260 g/mol. The van der Waals surface area contributed by atoms with E-state index in [4.69, 9.17) is 0 Å². The number of aromatic nitrogens is 1. The minimum Gasteiger partial charge on any atom is -0.355 e. The van der Waals surface area contributed by atoms with Crippen LogP contribution in [0.3, 0.4) is 0 Å². The van der Waals surface area contributed by atoms with Crippen LogP contribution in [0, 0.1) is 0 Å². The van der Waals surface area contributed by atoms with Crippen molar-refractivity contribution < 1.29 is 0 Å². The highest BCUT2D eigenvalue weighted by Crippen LogP contribution is 2.21. The van der Waals surface area contributed by atoms with Gasteiger partial charge in [-0.25, -0.2) is 4.98 Å². The Labute approximate surface area is 115 Å². The number of anilines is 1. The molecular formula is C15H24N4. The molecule has 3 rings (SSSR count). The molecule has 4 heteroatoms. The molecule has 1 saturated carbocycles. The first kappa shape index (κ1) is 12.9. The van der Waals surface area contributed by atoms with E-state index in [1.54, 1.807) is 0 Å². The maximum atomic E-state index is 4.62. The predicted octanol–water partition coefficient (Wildman–Crippen LogP) is 1.47. The Kier molecular flexibility index (Phi) is 3.71. The van der Waals surface area contributed by atoms with Crippen molar-refractivity contribution in [2.75, 3.05) is 32.1 Å². The molecule has 2 aliphatic rings. The summed E-state index contributed by atoms with van der Waals surface area (Å²) in [7, 11) is 4.32. The molecule has 1 aromatic heterocycles. The van der Waals surface area contributed by atoms with Gasteiger partial charge in [0.1, 0.15) is 5.82 Å². The molecule has 1 aliphatic heterocycles. The molecule has 0 radical (unpaired) electrons. The summed E-state index contributed by atoms with van der Waals surface area (Å²) in [5.74, 6) is 1.12. The highest BCUT2D eigenvalue weighted by atomic mass is 15.3. The third-order valence-electron chi connectivity index (χ3n) is 4.20. The van der Waals surface area contributed by atoms with Crippen LogP contribution in [0.5, 0.6) is 0 Å². The normalized spacial score (nSPS) is 23.3. The molecule has 2 fully saturated rings. The topological polar surface area (TPSA) is 31.4 Å². The maximum Gasteiger partial charge on any atom is 0.128 e. The second-order valence-electron chi connectivity index (χ2n) is 6.03. The molecule has 19 heavy (non-hydrogen) atoms. The van der Waals surface area contributed by atoms with E-state index in [0.717, 1.165) is 31.5 Å². The Morgan fingerprint density at radius 3 is 2.74 bits per heavy atom. The molecule has 0 aromatic carbocycles. The van der Waals surface area contributed by atoms with Crippen LogP contribution in [0.15, 0.2) is 18.3 Å². The number of nitrogens with zero attached hydrogens (tertiary/aromatic N) is 3. The van der Waals surface area contributed by atoms with Crippen LogP contribution in [-0.4, -0.2) is 49.2 Å². The summed E-state index contributed by atoms with van der Waals surface area (Å²) >= 11 is 0. The van der Waals surface area contributed by atoms with E-state index >= 15 is 0 Å². The van der Waals surface area contributed by atoms with Gasteiger partial charge in [0, 0.05) is 37.9 Å². The first-order chi connectivity index (χ1) is 9.22. The van der Waals surface area contributed by atoms with E-state index in [1.807, 2.05) is 6.20 Å². The first-order valence-corrected chi connectivity index (χ1v) is 7.32. The molecule has 0 spiro atoms. The molecule has 1 N–H and O–H groups in total. The summed E-state index contributed by atoms with van der Waals surface area (Å²) < 4.78 is 0. The SMILES string of the molecule is CN(C)C1CCN(c2ccc(CNC3CC3)cn2)C1. The van der Waals surface area contributed by atoms with Crippen LogP contribution in [0.4, 0.5) is 5.82 Å². The number of pyridine rings is 1. The van der Waals surface area contributed by atoms with Gasteiger partial charge >= 0.3 is 0 Å². The lowest BCUT2D eigenvalue weighted by atomic mass is 10.2. The molecule has 2 heterocycles. The molecule has 0 bridgehead atoms. The highest BCUT2D eigenvalue weighted by molar-refractivity contribution is 5.41. The van der Waals surface area contributed by atoms with E-state index in [1.165, 1.54) is 24.8 Å². The van der Waals surface area contributed by atoms with Crippen LogP contribution in [0.1, 0.15) is 24.8 Å². The van der Waals surface area contributed by atoms with Crippen molar-refractivity contribution in [3.63, 3.8) is 0 Å². The van der Waals surface area contributed by atoms with E-state index in [0.29, 0.717) is 6.04 Å². The van der Waals surface area contributed by atoms with Gasteiger partial charge in [0.15, 0.2) is 0 Å². The molecule has 1 saturated heterocycles. The van der Waals surface area contributed by atoms with Crippen molar-refractivity contribution in [1.82, 2.24) is 15.2 Å². The lowest BCUT2D eigenvalue weighted by molar-refractivity contribution is 0.315. The van der Waals surface area contributed by atoms with Crippen LogP contribution >= 0.6 is 0 Å². The Balaban J connectivity index is 1.56. The van der Waals surface area contributed by atoms with Crippen molar-refractivity contribution in [2.24, 2.45) is 0 Å². The molecule has 1 aromatic rings. The van der Waals surface area contributed by atoms with Gasteiger partial charge in [-0.3, -0.25) is 0 Å². The number of rotatable bonds is 5. The zero-order chi connectivity index (χ0) is 13.2. The summed E-state index contributed by atoms with van der Waals surface area (Å²) in [5, 5.41) is 3.52. The molecular weight excluding hydrogens is 236 g/mol. The van der Waals surface area contributed by atoms with E-state index < -0.39 is 0 Å². The zero-order valence-electron chi connectivity index (χ0n) is 12.0. The molecule has 1 atom stereocenters. The van der Waals surface area contributed by atoms with Crippen LogP contribution in [0.2, 0.25) is 0 Å². The Morgan fingerprint density at radius 1 is 1.32 bits per heavy atom. The number of hydrogen-bond donors (Lipinski definition) is 1. The van der Waals surface area contributed by atoms with Gasteiger partial charge in [-0.2, -0.15) is 0 Å². The van der Waals surface area contributed by atoms with Crippen molar-refractivity contribution in [3.8, 4) is 0 Å². The minimum absolute atomic E-state index is 0.665. The van der Waals surface area contributed by atoms with Gasteiger partial charge in [-0.05, 0) is 45.0 Å². The summed E-state index contributed by atoms with van der Waals surface area (Å²) in [6.07, 6.45) is 5.93. The second-order valence-corrected chi connectivity index (χ2v) is 6.03. The van der Waals surface area contributed by atoms with Crippen molar-refractivity contribution in [3.05, 3.63) is 23.9 Å². The van der Waals surface area contributed by atoms with Crippen molar-refractivity contribution in [2.45, 2.75) is 37.9 Å². The number of nitrogens with one attached hydrogen (secondary N) is 1. The van der Waals surface area contributed by atoms with Crippen molar-refractivity contribution >= 4 is 5.82 Å². The van der Waals surface area contributed by atoms with E-state index in [9.17, 15) is 0 Å². The van der Waals surface area contributed by atoms with Gasteiger partial charge in [0.05, 0.1) is 0 Å². The van der Waals surface area contributed by atoms with Crippen LogP contribution < -0.4 is 10.2 Å². The van der Waals surface area contributed by atoms with Gasteiger partial charge < -0.3 is 15.1 Å². The van der Waals surface area contributed by atoms with E-state index in [2.05, 4.69) is 46.3 Å². The standard InChI is InChI=1S/C15H24N4/c1-18(2)14-7-8-19(11-14)15-6-3-12(10-17-15)9-16-13-4-5-13/h3,6,10,13-14,16H,4-5,7-9,11H2,1-2H3. The Hall–Kier alpha value is -1.13. The van der Waals surface area contributed by atoms with Gasteiger partial charge in [0.2, 0.25) is 0 Å². The average Bonchev–Trinajstić information content (AvgIpc) is 3.11. The third kappa shape index (κ3) is 3.25. The fraction of sp³-hybridized carbons (Fsp3) is 0.667. The maximum absolute atomic E-state index is 4.62. The van der Waals surface area contributed by atoms with E-state index in [-0.39, 0.29) is 0 Å². The molecule has 104 valence electrons. The summed E-state index contributed by atoms with van der Waals surface area (Å²) in [4.78, 5) is 9.33. The first-order valence-electron chi connectivity index (χ1n) is 7.32. The fourth-order valence-corrected chi connectivity index (χ4v) is 2.63. The number of likely N-dealkylation sites (N-methyl/N-ethyl adjacent to an activating group) is 1. The summed E-state index contributed by atoms with van der Waals surface area (Å²) in [6.45, 7) is 3.17. The zero-order valence-corrected chi connectivity index (χ0v) is 12.0. The van der Waals surface area contributed by atoms with Gasteiger partial charge in [0.25, 0.3) is 0 Å². The molecule has 1 unspecified atom stereocenters. The third-order valence-corrected chi connectivity index (χ3v) is 4.20. The highest BCUT2D eigenvalue weighted by Gasteiger charge is 2.24. The van der Waals surface area contributed by atoms with Crippen molar-refractivity contribution in [1.29, 1.82) is 0 Å². The lowest BCUT2D eigenvalue weighted by Crippen LogP contribution is -2.31.